The molecule has 1 aromatic rings. The lowest BCUT2D eigenvalue weighted by Gasteiger charge is -2.11. The van der Waals surface area contributed by atoms with E-state index < -0.39 is 18.5 Å². The summed E-state index contributed by atoms with van der Waals surface area (Å²) in [6.45, 7) is 1.26. The molecule has 1 amide bonds. The summed E-state index contributed by atoms with van der Waals surface area (Å²) in [7, 11) is 1.51. The van der Waals surface area contributed by atoms with Crippen LogP contribution in [0.3, 0.4) is 0 Å². The van der Waals surface area contributed by atoms with Gasteiger partial charge in [-0.1, -0.05) is 24.1 Å². The molecule has 23 heavy (non-hydrogen) atoms. The largest absolute Gasteiger partial charge is 0.493 e. The highest BCUT2D eigenvalue weighted by molar-refractivity contribution is 5.81. The minimum absolute atomic E-state index is 0.0860. The summed E-state index contributed by atoms with van der Waals surface area (Å²) in [5.74, 6) is 2.02. The van der Waals surface area contributed by atoms with Gasteiger partial charge in [-0.2, -0.15) is 0 Å². The number of nitrogens with one attached hydrogen (secondary N) is 1. The van der Waals surface area contributed by atoms with E-state index in [4.69, 9.17) is 20.6 Å². The van der Waals surface area contributed by atoms with Crippen LogP contribution in [0.15, 0.2) is 24.3 Å². The number of terminal acetylenes is 1. The van der Waals surface area contributed by atoms with Gasteiger partial charge in [0.05, 0.1) is 13.7 Å². The Morgan fingerprint density at radius 1 is 1.30 bits per heavy atom. The second kappa shape index (κ2) is 9.90. The number of esters is 1. The normalized spacial score (nSPS) is 9.96. The lowest BCUT2D eigenvalue weighted by Crippen LogP contribution is -2.30. The maximum atomic E-state index is 11.5. The Hall–Kier alpha value is -2.94. The van der Waals surface area contributed by atoms with Crippen LogP contribution < -0.4 is 14.8 Å². The molecule has 0 heterocycles. The number of ether oxygens (including phenoxy) is 3. The molecule has 6 heteroatoms. The molecule has 0 unspecified atom stereocenters. The molecule has 0 saturated heterocycles. The van der Waals surface area contributed by atoms with Gasteiger partial charge in [-0.25, -0.2) is 4.79 Å². The summed E-state index contributed by atoms with van der Waals surface area (Å²) in [4.78, 5) is 22.8. The second-order valence-electron chi connectivity index (χ2n) is 4.34. The molecule has 0 bridgehead atoms. The number of hydrogen-bond acceptors (Lipinski definition) is 5. The Labute approximate surface area is 135 Å². The van der Waals surface area contributed by atoms with E-state index in [2.05, 4.69) is 11.2 Å². The molecule has 1 rings (SSSR count). The third kappa shape index (κ3) is 6.57. The number of benzene rings is 1. The fraction of sp³-hybridized carbons (Fsp3) is 0.294. The van der Waals surface area contributed by atoms with Crippen molar-refractivity contribution in [3.63, 3.8) is 0 Å². The second-order valence-corrected chi connectivity index (χ2v) is 4.34. The quantitative estimate of drug-likeness (QED) is 0.579. The van der Waals surface area contributed by atoms with Crippen molar-refractivity contribution >= 4 is 18.0 Å². The van der Waals surface area contributed by atoms with Gasteiger partial charge in [0.2, 0.25) is 0 Å². The fourth-order valence-electron chi connectivity index (χ4n) is 1.62. The molecule has 6 nitrogen and oxygen atoms in total. The highest BCUT2D eigenvalue weighted by Crippen LogP contribution is 2.28. The van der Waals surface area contributed by atoms with Crippen LogP contribution in [-0.4, -0.2) is 38.7 Å². The highest BCUT2D eigenvalue weighted by atomic mass is 16.6. The molecule has 122 valence electrons. The summed E-state index contributed by atoms with van der Waals surface area (Å²) >= 11 is 0. The molecule has 0 aromatic heterocycles. The average molecular weight is 317 g/mol. The monoisotopic (exact) mass is 317 g/mol. The van der Waals surface area contributed by atoms with Gasteiger partial charge in [0.15, 0.2) is 24.7 Å². The SMILES string of the molecule is C#CCNC(=O)COC(=O)COc1ccc(/C=C/C)cc1OC. The van der Waals surface area contributed by atoms with Gasteiger partial charge >= 0.3 is 5.97 Å². The van der Waals surface area contributed by atoms with Crippen molar-refractivity contribution in [3.05, 3.63) is 29.8 Å². The van der Waals surface area contributed by atoms with Crippen LogP contribution in [-0.2, 0) is 14.3 Å². The van der Waals surface area contributed by atoms with Gasteiger partial charge in [-0.05, 0) is 24.6 Å². The lowest BCUT2D eigenvalue weighted by atomic mass is 10.2. The van der Waals surface area contributed by atoms with E-state index in [0.29, 0.717) is 11.5 Å². The number of carbonyl (C=O) groups is 2. The van der Waals surface area contributed by atoms with E-state index in [1.165, 1.54) is 7.11 Å². The number of methoxy groups -OCH3 is 1. The molecule has 0 aliphatic heterocycles. The molecular weight excluding hydrogens is 298 g/mol. The Morgan fingerprint density at radius 3 is 2.74 bits per heavy atom. The highest BCUT2D eigenvalue weighted by Gasteiger charge is 2.10. The number of hydrogen-bond donors (Lipinski definition) is 1. The van der Waals surface area contributed by atoms with E-state index in [-0.39, 0.29) is 13.2 Å². The van der Waals surface area contributed by atoms with Gasteiger partial charge in [0, 0.05) is 0 Å². The van der Waals surface area contributed by atoms with Crippen LogP contribution in [0, 0.1) is 12.3 Å². The van der Waals surface area contributed by atoms with Crippen molar-refractivity contribution in [2.45, 2.75) is 6.92 Å². The molecule has 1 aromatic carbocycles. The molecule has 0 spiro atoms. The third-order valence-corrected chi connectivity index (χ3v) is 2.64. The fourth-order valence-corrected chi connectivity index (χ4v) is 1.62. The number of amides is 1. The molecule has 0 aliphatic rings. The van der Waals surface area contributed by atoms with Crippen molar-refractivity contribution in [2.24, 2.45) is 0 Å². The molecule has 0 fully saturated rings. The topological polar surface area (TPSA) is 73.9 Å². The minimum atomic E-state index is -0.666. The molecule has 1 N–H and O–H groups in total. The first-order chi connectivity index (χ1) is 11.1. The number of rotatable bonds is 8. The van der Waals surface area contributed by atoms with E-state index in [1.54, 1.807) is 12.1 Å². The van der Waals surface area contributed by atoms with Crippen LogP contribution >= 0.6 is 0 Å². The van der Waals surface area contributed by atoms with Gasteiger partial charge in [-0.15, -0.1) is 6.42 Å². The van der Waals surface area contributed by atoms with Gasteiger partial charge < -0.3 is 19.5 Å². The molecule has 0 radical (unpaired) electrons. The third-order valence-electron chi connectivity index (χ3n) is 2.64. The molecule has 0 aliphatic carbocycles. The van der Waals surface area contributed by atoms with E-state index in [0.717, 1.165) is 5.56 Å². The van der Waals surface area contributed by atoms with Crippen LogP contribution in [0.5, 0.6) is 11.5 Å². The van der Waals surface area contributed by atoms with Gasteiger partial charge in [0.25, 0.3) is 5.91 Å². The van der Waals surface area contributed by atoms with Crippen molar-refractivity contribution in [2.75, 3.05) is 26.9 Å². The van der Waals surface area contributed by atoms with E-state index in [1.807, 2.05) is 25.1 Å². The van der Waals surface area contributed by atoms with Crippen molar-refractivity contribution in [3.8, 4) is 23.8 Å². The average Bonchev–Trinajstić information content (AvgIpc) is 2.56. The number of allylic oxidation sites excluding steroid dienone is 1. The van der Waals surface area contributed by atoms with Crippen molar-refractivity contribution in [1.29, 1.82) is 0 Å². The van der Waals surface area contributed by atoms with Crippen LogP contribution in [0.4, 0.5) is 0 Å². The predicted molar refractivity (Wildman–Crippen MR) is 86.0 cm³/mol. The smallest absolute Gasteiger partial charge is 0.344 e. The molecular formula is C17H19NO5. The summed E-state index contributed by atoms with van der Waals surface area (Å²) in [6, 6.07) is 5.31. The Morgan fingerprint density at radius 2 is 2.09 bits per heavy atom. The Bertz CT molecular complexity index is 616. The zero-order valence-electron chi connectivity index (χ0n) is 13.1. The minimum Gasteiger partial charge on any atom is -0.493 e. The summed E-state index contributed by atoms with van der Waals surface area (Å²) in [5.41, 5.74) is 0.949. The zero-order chi connectivity index (χ0) is 17.1. The van der Waals surface area contributed by atoms with Crippen LogP contribution in [0.2, 0.25) is 0 Å². The first-order valence-corrected chi connectivity index (χ1v) is 6.90. The zero-order valence-corrected chi connectivity index (χ0v) is 13.1. The summed E-state index contributed by atoms with van der Waals surface area (Å²) in [6.07, 6.45) is 8.81. The van der Waals surface area contributed by atoms with Gasteiger partial charge in [-0.3, -0.25) is 4.79 Å². The summed E-state index contributed by atoms with van der Waals surface area (Å²) < 4.78 is 15.3. The Kier molecular flexibility index (Phi) is 7.79. The van der Waals surface area contributed by atoms with Crippen molar-refractivity contribution in [1.82, 2.24) is 5.32 Å². The van der Waals surface area contributed by atoms with Crippen LogP contribution in [0.25, 0.3) is 6.08 Å². The maximum Gasteiger partial charge on any atom is 0.344 e. The lowest BCUT2D eigenvalue weighted by molar-refractivity contribution is -0.150. The van der Waals surface area contributed by atoms with E-state index >= 15 is 0 Å². The predicted octanol–water partition coefficient (Wildman–Crippen LogP) is 1.40. The molecule has 0 saturated carbocycles. The number of carbonyl (C=O) groups excluding carboxylic acids is 2. The maximum absolute atomic E-state index is 11.5. The first-order valence-electron chi connectivity index (χ1n) is 6.90. The Balaban J connectivity index is 2.49. The molecule has 0 atom stereocenters. The summed E-state index contributed by atoms with van der Waals surface area (Å²) in [5, 5.41) is 2.38. The van der Waals surface area contributed by atoms with Crippen LogP contribution in [0.1, 0.15) is 12.5 Å². The first kappa shape index (κ1) is 18.1. The van der Waals surface area contributed by atoms with E-state index in [9.17, 15) is 9.59 Å². The van der Waals surface area contributed by atoms with Gasteiger partial charge in [0.1, 0.15) is 0 Å². The van der Waals surface area contributed by atoms with Crippen molar-refractivity contribution < 1.29 is 23.8 Å². The standard InChI is InChI=1S/C17H19NO5/c1-4-6-13-7-8-14(15(10-13)21-3)22-12-17(20)23-11-16(19)18-9-5-2/h2,4,6-8,10H,9,11-12H2,1,3H3,(H,18,19)/b6-4+.